The fourth-order valence-electron chi connectivity index (χ4n) is 1.55. The summed E-state index contributed by atoms with van der Waals surface area (Å²) in [5.41, 5.74) is 4.44. The summed E-state index contributed by atoms with van der Waals surface area (Å²) in [7, 11) is 0. The molecule has 0 aromatic rings. The van der Waals surface area contributed by atoms with Crippen LogP contribution in [0.2, 0.25) is 0 Å². The molecule has 0 amide bonds. The molecule has 0 aromatic carbocycles. The summed E-state index contributed by atoms with van der Waals surface area (Å²) in [5.74, 6) is 0.448. The van der Waals surface area contributed by atoms with E-state index >= 15 is 0 Å². The van der Waals surface area contributed by atoms with Gasteiger partial charge in [-0.15, -0.1) is 0 Å². The molecule has 0 radical (unpaired) electrons. The zero-order valence-corrected chi connectivity index (χ0v) is 7.05. The quantitative estimate of drug-likeness (QED) is 0.576. The first-order valence-electron chi connectivity index (χ1n) is 4.17. The molecular weight excluding hydrogens is 142 g/mol. The predicted molar refractivity (Wildman–Crippen MR) is 43.0 cm³/mol. The monoisotopic (exact) mass is 159 g/mol. The Balaban J connectivity index is 2.24. The smallest absolute Gasteiger partial charge is 0.111 e. The van der Waals surface area contributed by atoms with Crippen LogP contribution in [0, 0.1) is 5.92 Å². The van der Waals surface area contributed by atoms with Gasteiger partial charge in [0, 0.05) is 13.2 Å². The van der Waals surface area contributed by atoms with Gasteiger partial charge in [-0.3, -0.25) is 0 Å². The summed E-state index contributed by atoms with van der Waals surface area (Å²) in [4.78, 5) is 0. The van der Waals surface area contributed by atoms with E-state index < -0.39 is 5.72 Å². The highest BCUT2D eigenvalue weighted by molar-refractivity contribution is 4.72. The molecule has 2 atom stereocenters. The first-order valence-corrected chi connectivity index (χ1v) is 4.17. The molecule has 2 unspecified atom stereocenters. The van der Waals surface area contributed by atoms with Gasteiger partial charge in [0.1, 0.15) is 5.72 Å². The van der Waals surface area contributed by atoms with E-state index in [1.165, 1.54) is 0 Å². The van der Waals surface area contributed by atoms with Crippen molar-refractivity contribution in [1.29, 1.82) is 0 Å². The molecular formula is C8H17NO2. The fraction of sp³-hybridized carbons (Fsp3) is 1.00. The van der Waals surface area contributed by atoms with Gasteiger partial charge in [-0.2, -0.15) is 0 Å². The molecule has 0 aliphatic carbocycles. The molecule has 3 N–H and O–H groups in total. The molecule has 1 saturated heterocycles. The number of nitrogens with two attached hydrogens (primary N) is 1. The number of hydrogen-bond acceptors (Lipinski definition) is 3. The summed E-state index contributed by atoms with van der Waals surface area (Å²) >= 11 is 0. The molecule has 0 saturated carbocycles. The second kappa shape index (κ2) is 3.52. The van der Waals surface area contributed by atoms with Crippen molar-refractivity contribution in [2.24, 2.45) is 11.7 Å². The number of aliphatic hydroxyl groups is 1. The second-order valence-electron chi connectivity index (χ2n) is 3.64. The van der Waals surface area contributed by atoms with E-state index in [2.05, 4.69) is 0 Å². The second-order valence-corrected chi connectivity index (χ2v) is 3.64. The minimum absolute atomic E-state index is 0.448. The standard InChI is InChI=1S/C8H17NO2/c1-8(9,10)5-7-3-2-4-11-6-7/h7,10H,2-6,9H2,1H3. The molecule has 1 aliphatic rings. The summed E-state index contributed by atoms with van der Waals surface area (Å²) in [6, 6.07) is 0. The highest BCUT2D eigenvalue weighted by atomic mass is 16.5. The third kappa shape index (κ3) is 3.70. The highest BCUT2D eigenvalue weighted by Crippen LogP contribution is 2.20. The van der Waals surface area contributed by atoms with Crippen molar-refractivity contribution >= 4 is 0 Å². The van der Waals surface area contributed by atoms with Gasteiger partial charge in [-0.1, -0.05) is 0 Å². The van der Waals surface area contributed by atoms with Gasteiger partial charge in [-0.05, 0) is 32.1 Å². The molecule has 1 heterocycles. The van der Waals surface area contributed by atoms with E-state index in [1.54, 1.807) is 6.92 Å². The fourth-order valence-corrected chi connectivity index (χ4v) is 1.55. The lowest BCUT2D eigenvalue weighted by molar-refractivity contribution is -0.00784. The van der Waals surface area contributed by atoms with Crippen molar-refractivity contribution in [1.82, 2.24) is 0 Å². The maximum atomic E-state index is 9.29. The van der Waals surface area contributed by atoms with Crippen LogP contribution in [0.15, 0.2) is 0 Å². The van der Waals surface area contributed by atoms with Crippen LogP contribution in [0.25, 0.3) is 0 Å². The SMILES string of the molecule is CC(N)(O)CC1CCCOC1. The number of rotatable bonds is 2. The van der Waals surface area contributed by atoms with E-state index in [-0.39, 0.29) is 0 Å². The van der Waals surface area contributed by atoms with Crippen LogP contribution < -0.4 is 5.73 Å². The maximum Gasteiger partial charge on any atom is 0.111 e. The first-order chi connectivity index (χ1) is 5.08. The van der Waals surface area contributed by atoms with Crippen LogP contribution >= 0.6 is 0 Å². The lowest BCUT2D eigenvalue weighted by Crippen LogP contribution is -2.39. The Labute approximate surface area is 67.5 Å². The Morgan fingerprint density at radius 2 is 2.45 bits per heavy atom. The van der Waals surface area contributed by atoms with E-state index in [4.69, 9.17) is 10.5 Å². The number of ether oxygens (including phenoxy) is 1. The molecule has 1 rings (SSSR count). The van der Waals surface area contributed by atoms with Crippen molar-refractivity contribution in [3.63, 3.8) is 0 Å². The summed E-state index contributed by atoms with van der Waals surface area (Å²) < 4.78 is 5.26. The van der Waals surface area contributed by atoms with Gasteiger partial charge in [0.05, 0.1) is 0 Å². The Morgan fingerprint density at radius 3 is 2.91 bits per heavy atom. The molecule has 3 nitrogen and oxygen atoms in total. The van der Waals surface area contributed by atoms with E-state index in [9.17, 15) is 5.11 Å². The minimum atomic E-state index is -1.02. The van der Waals surface area contributed by atoms with E-state index in [1.807, 2.05) is 0 Å². The zero-order chi connectivity index (χ0) is 8.32. The third-order valence-electron chi connectivity index (χ3n) is 1.96. The average molecular weight is 159 g/mol. The van der Waals surface area contributed by atoms with Gasteiger partial charge in [0.2, 0.25) is 0 Å². The maximum absolute atomic E-state index is 9.29. The average Bonchev–Trinajstić information content (AvgIpc) is 1.85. The van der Waals surface area contributed by atoms with Gasteiger partial charge >= 0.3 is 0 Å². The minimum Gasteiger partial charge on any atom is -0.381 e. The van der Waals surface area contributed by atoms with Gasteiger partial charge < -0.3 is 15.6 Å². The van der Waals surface area contributed by atoms with Crippen molar-refractivity contribution < 1.29 is 9.84 Å². The molecule has 1 fully saturated rings. The van der Waals surface area contributed by atoms with Crippen LogP contribution in [0.4, 0.5) is 0 Å². The molecule has 11 heavy (non-hydrogen) atoms. The lowest BCUT2D eigenvalue weighted by Gasteiger charge is -2.27. The molecule has 3 heteroatoms. The number of hydrogen-bond donors (Lipinski definition) is 2. The van der Waals surface area contributed by atoms with Crippen LogP contribution in [-0.2, 0) is 4.74 Å². The highest BCUT2D eigenvalue weighted by Gasteiger charge is 2.22. The molecule has 0 spiro atoms. The topological polar surface area (TPSA) is 55.5 Å². The van der Waals surface area contributed by atoms with E-state index in [0.717, 1.165) is 26.1 Å². The summed E-state index contributed by atoms with van der Waals surface area (Å²) in [6.07, 6.45) is 2.88. The van der Waals surface area contributed by atoms with Gasteiger partial charge in [-0.25, -0.2) is 0 Å². The van der Waals surface area contributed by atoms with Crippen molar-refractivity contribution in [2.45, 2.75) is 31.9 Å². The Kier molecular flexibility index (Phi) is 2.87. The van der Waals surface area contributed by atoms with Crippen LogP contribution in [0.5, 0.6) is 0 Å². The van der Waals surface area contributed by atoms with Crippen molar-refractivity contribution in [3.05, 3.63) is 0 Å². The molecule has 0 aromatic heterocycles. The van der Waals surface area contributed by atoms with Crippen LogP contribution in [0.1, 0.15) is 26.2 Å². The van der Waals surface area contributed by atoms with Crippen molar-refractivity contribution in [2.75, 3.05) is 13.2 Å². The summed E-state index contributed by atoms with van der Waals surface area (Å²) in [6.45, 7) is 3.26. The third-order valence-corrected chi connectivity index (χ3v) is 1.96. The molecule has 1 aliphatic heterocycles. The Morgan fingerprint density at radius 1 is 1.73 bits per heavy atom. The zero-order valence-electron chi connectivity index (χ0n) is 7.05. The van der Waals surface area contributed by atoms with E-state index in [0.29, 0.717) is 12.3 Å². The Bertz CT molecular complexity index is 114. The normalized spacial score (nSPS) is 31.4. The van der Waals surface area contributed by atoms with Gasteiger partial charge in [0.25, 0.3) is 0 Å². The first kappa shape index (κ1) is 8.97. The Hall–Kier alpha value is -0.120. The van der Waals surface area contributed by atoms with Crippen LogP contribution in [-0.4, -0.2) is 24.0 Å². The van der Waals surface area contributed by atoms with Crippen molar-refractivity contribution in [3.8, 4) is 0 Å². The van der Waals surface area contributed by atoms with Crippen LogP contribution in [0.3, 0.4) is 0 Å². The lowest BCUT2D eigenvalue weighted by atomic mass is 9.93. The predicted octanol–water partition coefficient (Wildman–Crippen LogP) is 0.470. The largest absolute Gasteiger partial charge is 0.381 e. The summed E-state index contributed by atoms with van der Waals surface area (Å²) in [5, 5.41) is 9.29. The molecule has 66 valence electrons. The van der Waals surface area contributed by atoms with Gasteiger partial charge in [0.15, 0.2) is 0 Å². The molecule has 0 bridgehead atoms.